The molecule has 4 nitrogen and oxygen atoms in total. The molecule has 2 N–H and O–H groups in total. The molecule has 0 aromatic heterocycles. The van der Waals surface area contributed by atoms with Crippen LogP contribution < -0.4 is 15.4 Å². The number of rotatable bonds is 1. The minimum absolute atomic E-state index is 0.127. The molecule has 0 unspecified atom stereocenters. The molecule has 1 amide bonds. The average Bonchev–Trinajstić information content (AvgIpc) is 2.28. The van der Waals surface area contributed by atoms with Gasteiger partial charge in [0.2, 0.25) is 0 Å². The molecule has 3 rings (SSSR count). The highest BCUT2D eigenvalue weighted by Crippen LogP contribution is 2.36. The number of aryl methyl sites for hydroxylation is 1. The van der Waals surface area contributed by atoms with Crippen LogP contribution in [0.2, 0.25) is 0 Å². The van der Waals surface area contributed by atoms with Gasteiger partial charge in [0.15, 0.2) is 11.5 Å². The zero-order chi connectivity index (χ0) is 12.7. The molecular weight excluding hydrogens is 228 g/mol. The first-order chi connectivity index (χ1) is 8.67. The molecule has 1 aliphatic carbocycles. The molecule has 0 radical (unpaired) electrons. The number of carbonyl (C=O) groups is 1. The molecule has 0 atom stereocenters. The highest BCUT2D eigenvalue weighted by molar-refractivity contribution is 6.06. The molecular formula is C14H16N2O2. The number of fused-ring (bicyclic) bond motifs is 1. The lowest BCUT2D eigenvalue weighted by Gasteiger charge is -2.32. The summed E-state index contributed by atoms with van der Waals surface area (Å²) in [5, 5.41) is 6.08. The average molecular weight is 244 g/mol. The zero-order valence-electron chi connectivity index (χ0n) is 10.5. The normalized spacial score (nSPS) is 21.9. The summed E-state index contributed by atoms with van der Waals surface area (Å²) in [5.41, 5.74) is 2.96. The van der Waals surface area contributed by atoms with Crippen LogP contribution in [0, 0.1) is 6.92 Å². The number of hydrogen-bond donors (Lipinski definition) is 2. The van der Waals surface area contributed by atoms with E-state index in [-0.39, 0.29) is 5.91 Å². The number of hydrogen-bond acceptors (Lipinski definition) is 3. The van der Waals surface area contributed by atoms with Crippen LogP contribution in [0.5, 0.6) is 5.75 Å². The Hall–Kier alpha value is -1.81. The molecule has 4 heteroatoms. The van der Waals surface area contributed by atoms with Crippen molar-refractivity contribution in [1.82, 2.24) is 5.32 Å². The summed E-state index contributed by atoms with van der Waals surface area (Å²) in [6.45, 7) is 1.99. The molecule has 1 fully saturated rings. The van der Waals surface area contributed by atoms with E-state index in [0.29, 0.717) is 11.8 Å². The number of carbonyl (C=O) groups excluding carboxylic acids is 1. The van der Waals surface area contributed by atoms with Gasteiger partial charge in [0.1, 0.15) is 0 Å². The lowest BCUT2D eigenvalue weighted by atomic mass is 9.85. The molecule has 2 aliphatic rings. The van der Waals surface area contributed by atoms with Crippen molar-refractivity contribution in [3.63, 3.8) is 0 Å². The van der Waals surface area contributed by atoms with E-state index in [1.807, 2.05) is 32.2 Å². The molecule has 0 spiro atoms. The predicted molar refractivity (Wildman–Crippen MR) is 69.5 cm³/mol. The molecule has 18 heavy (non-hydrogen) atoms. The quantitative estimate of drug-likeness (QED) is 0.742. The van der Waals surface area contributed by atoms with Crippen LogP contribution in [0.4, 0.5) is 5.69 Å². The Morgan fingerprint density at radius 1 is 1.39 bits per heavy atom. The van der Waals surface area contributed by atoms with E-state index in [1.54, 1.807) is 0 Å². The van der Waals surface area contributed by atoms with Crippen molar-refractivity contribution in [3.05, 3.63) is 35.1 Å². The molecule has 1 saturated carbocycles. The predicted octanol–water partition coefficient (Wildman–Crippen LogP) is 1.96. The highest BCUT2D eigenvalue weighted by atomic mass is 16.5. The van der Waals surface area contributed by atoms with Gasteiger partial charge in [-0.25, -0.2) is 0 Å². The SMILES string of the molecule is CNC1CC(=C2Oc3ccc(C)cc3NC2=O)C1. The van der Waals surface area contributed by atoms with Crippen LogP contribution in [0.25, 0.3) is 0 Å². The van der Waals surface area contributed by atoms with E-state index in [4.69, 9.17) is 4.74 Å². The summed E-state index contributed by atoms with van der Waals surface area (Å²) in [4.78, 5) is 12.0. The van der Waals surface area contributed by atoms with Crippen LogP contribution in [0.3, 0.4) is 0 Å². The van der Waals surface area contributed by atoms with Crippen LogP contribution >= 0.6 is 0 Å². The lowest BCUT2D eigenvalue weighted by Crippen LogP contribution is -2.37. The zero-order valence-corrected chi connectivity index (χ0v) is 10.5. The van der Waals surface area contributed by atoms with Crippen molar-refractivity contribution in [1.29, 1.82) is 0 Å². The van der Waals surface area contributed by atoms with E-state index < -0.39 is 0 Å². The molecule has 1 aromatic rings. The summed E-state index contributed by atoms with van der Waals surface area (Å²) >= 11 is 0. The third kappa shape index (κ3) is 1.78. The standard InChI is InChI=1S/C14H16N2O2/c1-8-3-4-12-11(5-8)16-14(17)13(18-12)9-6-10(7-9)15-2/h3-5,10,15H,6-7H2,1-2H3,(H,16,17). The Bertz CT molecular complexity index is 541. The van der Waals surface area contributed by atoms with Crippen LogP contribution in [0.1, 0.15) is 18.4 Å². The van der Waals surface area contributed by atoms with Crippen molar-refractivity contribution < 1.29 is 9.53 Å². The number of anilines is 1. The molecule has 1 aliphatic heterocycles. The smallest absolute Gasteiger partial charge is 0.291 e. The maximum absolute atomic E-state index is 12.0. The van der Waals surface area contributed by atoms with Gasteiger partial charge in [0.05, 0.1) is 5.69 Å². The minimum atomic E-state index is -0.127. The first-order valence-electron chi connectivity index (χ1n) is 6.16. The van der Waals surface area contributed by atoms with Gasteiger partial charge in [0.25, 0.3) is 5.91 Å². The van der Waals surface area contributed by atoms with Gasteiger partial charge in [-0.15, -0.1) is 0 Å². The lowest BCUT2D eigenvalue weighted by molar-refractivity contribution is -0.115. The largest absolute Gasteiger partial charge is 0.449 e. The van der Waals surface area contributed by atoms with Crippen molar-refractivity contribution in [2.75, 3.05) is 12.4 Å². The minimum Gasteiger partial charge on any atom is -0.449 e. The second-order valence-electron chi connectivity index (χ2n) is 4.88. The molecule has 0 bridgehead atoms. The van der Waals surface area contributed by atoms with Gasteiger partial charge in [-0.1, -0.05) is 6.07 Å². The Morgan fingerprint density at radius 3 is 2.89 bits per heavy atom. The maximum Gasteiger partial charge on any atom is 0.291 e. The van der Waals surface area contributed by atoms with Crippen LogP contribution in [-0.2, 0) is 4.79 Å². The molecule has 1 aromatic carbocycles. The molecule has 1 heterocycles. The van der Waals surface area contributed by atoms with Gasteiger partial charge < -0.3 is 15.4 Å². The van der Waals surface area contributed by atoms with Gasteiger partial charge >= 0.3 is 0 Å². The summed E-state index contributed by atoms with van der Waals surface area (Å²) in [6, 6.07) is 6.28. The van der Waals surface area contributed by atoms with Gasteiger partial charge in [-0.2, -0.15) is 0 Å². The Balaban J connectivity index is 1.89. The van der Waals surface area contributed by atoms with Gasteiger partial charge in [-0.3, -0.25) is 4.79 Å². The fraction of sp³-hybridized carbons (Fsp3) is 0.357. The number of benzene rings is 1. The third-order valence-corrected chi connectivity index (χ3v) is 3.52. The van der Waals surface area contributed by atoms with Gasteiger partial charge in [-0.05, 0) is 50.1 Å². The van der Waals surface area contributed by atoms with Gasteiger partial charge in [0, 0.05) is 6.04 Å². The maximum atomic E-state index is 12.0. The number of ether oxygens (including phenoxy) is 1. The van der Waals surface area contributed by atoms with E-state index in [9.17, 15) is 4.79 Å². The third-order valence-electron chi connectivity index (χ3n) is 3.52. The summed E-state index contributed by atoms with van der Waals surface area (Å²) < 4.78 is 5.74. The van der Waals surface area contributed by atoms with E-state index in [1.165, 1.54) is 0 Å². The molecule has 0 saturated heterocycles. The van der Waals surface area contributed by atoms with Crippen molar-refractivity contribution in [2.24, 2.45) is 0 Å². The number of nitrogens with one attached hydrogen (secondary N) is 2. The first-order valence-corrected chi connectivity index (χ1v) is 6.16. The monoisotopic (exact) mass is 244 g/mol. The van der Waals surface area contributed by atoms with E-state index in [2.05, 4.69) is 10.6 Å². The van der Waals surface area contributed by atoms with Crippen LogP contribution in [-0.4, -0.2) is 19.0 Å². The summed E-state index contributed by atoms with van der Waals surface area (Å²) in [7, 11) is 1.94. The second kappa shape index (κ2) is 4.14. The van der Waals surface area contributed by atoms with Crippen LogP contribution in [0.15, 0.2) is 29.5 Å². The second-order valence-corrected chi connectivity index (χ2v) is 4.88. The fourth-order valence-corrected chi connectivity index (χ4v) is 2.32. The molecule has 94 valence electrons. The Kier molecular flexibility index (Phi) is 2.59. The first kappa shape index (κ1) is 11.3. The Labute approximate surface area is 106 Å². The Morgan fingerprint density at radius 2 is 2.17 bits per heavy atom. The highest BCUT2D eigenvalue weighted by Gasteiger charge is 2.32. The fourth-order valence-electron chi connectivity index (χ4n) is 2.32. The summed E-state index contributed by atoms with van der Waals surface area (Å²) in [6.07, 6.45) is 1.78. The topological polar surface area (TPSA) is 50.4 Å². The van der Waals surface area contributed by atoms with E-state index >= 15 is 0 Å². The van der Waals surface area contributed by atoms with Crippen molar-refractivity contribution >= 4 is 11.6 Å². The van der Waals surface area contributed by atoms with E-state index in [0.717, 1.165) is 35.4 Å². The summed E-state index contributed by atoms with van der Waals surface area (Å²) in [5.74, 6) is 1.09. The van der Waals surface area contributed by atoms with Crippen molar-refractivity contribution in [3.8, 4) is 5.75 Å². The van der Waals surface area contributed by atoms with Crippen molar-refractivity contribution in [2.45, 2.75) is 25.8 Å². The number of amides is 1.